The van der Waals surface area contributed by atoms with Gasteiger partial charge in [0.2, 0.25) is 0 Å². The monoisotopic (exact) mass is 248 g/mol. The molecule has 0 unspecified atom stereocenters. The fourth-order valence-electron chi connectivity index (χ4n) is 2.57. The van der Waals surface area contributed by atoms with E-state index in [1.165, 1.54) is 29.6 Å². The molecule has 0 nitrogen and oxygen atoms in total. The van der Waals surface area contributed by atoms with Crippen LogP contribution in [0.2, 0.25) is 0 Å². The Labute approximate surface area is 116 Å². The van der Waals surface area contributed by atoms with Crippen molar-refractivity contribution in [2.45, 2.75) is 26.2 Å². The minimum Gasteiger partial charge on any atom is -0.129 e. The summed E-state index contributed by atoms with van der Waals surface area (Å²) < 4.78 is 0. The Bertz CT molecular complexity index is 581. The quantitative estimate of drug-likeness (QED) is 0.636. The highest BCUT2D eigenvalue weighted by atomic mass is 14.5. The first-order chi connectivity index (χ1) is 9.16. The third kappa shape index (κ3) is 2.56. The summed E-state index contributed by atoms with van der Waals surface area (Å²) in [5.41, 5.74) is 11.3. The second-order valence-electron chi connectivity index (χ2n) is 5.16. The number of hydrogen-bond donors (Lipinski definition) is 0. The zero-order valence-corrected chi connectivity index (χ0v) is 11.6. The van der Waals surface area contributed by atoms with Gasteiger partial charge in [0, 0.05) is 11.8 Å². The molecule has 96 valence electrons. The first-order valence-corrected chi connectivity index (χ1v) is 6.64. The van der Waals surface area contributed by atoms with Gasteiger partial charge in [0.1, 0.15) is 0 Å². The second-order valence-corrected chi connectivity index (χ2v) is 5.16. The molecular weight excluding hydrogens is 228 g/mol. The van der Waals surface area contributed by atoms with E-state index in [2.05, 4.69) is 62.4 Å². The van der Waals surface area contributed by atoms with Gasteiger partial charge in [-0.05, 0) is 42.0 Å². The topological polar surface area (TPSA) is 0 Å². The van der Waals surface area contributed by atoms with Crippen LogP contribution in [0.25, 0.3) is 6.08 Å². The van der Waals surface area contributed by atoms with Gasteiger partial charge in [-0.3, -0.25) is 0 Å². The molecule has 0 aliphatic heterocycles. The fraction of sp³-hybridized carbons (Fsp3) is 0.263. The van der Waals surface area contributed by atoms with Crippen molar-refractivity contribution in [1.29, 1.82) is 0 Å². The normalized spacial score (nSPS) is 15.0. The van der Waals surface area contributed by atoms with Crippen molar-refractivity contribution in [2.75, 3.05) is 0 Å². The highest BCUT2D eigenvalue weighted by Crippen LogP contribution is 2.57. The molecule has 0 N–H and O–H groups in total. The van der Waals surface area contributed by atoms with Gasteiger partial charge in [-0.1, -0.05) is 50.1 Å². The first-order valence-electron chi connectivity index (χ1n) is 6.64. The van der Waals surface area contributed by atoms with Gasteiger partial charge in [0.05, 0.1) is 0 Å². The predicted molar refractivity (Wildman–Crippen MR) is 82.9 cm³/mol. The van der Waals surface area contributed by atoms with Crippen molar-refractivity contribution in [3.63, 3.8) is 0 Å². The van der Waals surface area contributed by atoms with E-state index in [-0.39, 0.29) is 5.41 Å². The summed E-state index contributed by atoms with van der Waals surface area (Å²) in [4.78, 5) is 0. The Kier molecular flexibility index (Phi) is 3.76. The van der Waals surface area contributed by atoms with Crippen LogP contribution >= 0.6 is 0 Å². The van der Waals surface area contributed by atoms with Crippen LogP contribution in [0.15, 0.2) is 66.6 Å². The Hall–Kier alpha value is -2.00. The Morgan fingerprint density at radius 1 is 1.21 bits per heavy atom. The van der Waals surface area contributed by atoms with Gasteiger partial charge in [0.25, 0.3) is 0 Å². The maximum atomic E-state index is 3.87. The van der Waals surface area contributed by atoms with E-state index < -0.39 is 0 Å². The van der Waals surface area contributed by atoms with E-state index in [0.29, 0.717) is 0 Å². The Morgan fingerprint density at radius 2 is 1.84 bits per heavy atom. The van der Waals surface area contributed by atoms with E-state index in [9.17, 15) is 0 Å². The van der Waals surface area contributed by atoms with Gasteiger partial charge in [-0.25, -0.2) is 0 Å². The van der Waals surface area contributed by atoms with Gasteiger partial charge < -0.3 is 0 Å². The van der Waals surface area contributed by atoms with Crippen molar-refractivity contribution >= 4 is 6.08 Å². The van der Waals surface area contributed by atoms with Crippen LogP contribution in [-0.4, -0.2) is 0 Å². The maximum Gasteiger partial charge on any atom is 0.0273 e. The standard InChI is InChI=1S/C19H20/c1-5-15(4)19(12-13-19)18(7-3)14-17-10-8-16(6-2)9-11-17/h6,8-11H,1-3,12-14H2,4H3. The largest absolute Gasteiger partial charge is 0.129 e. The van der Waals surface area contributed by atoms with Gasteiger partial charge in [-0.15, -0.1) is 11.5 Å². The van der Waals surface area contributed by atoms with Crippen molar-refractivity contribution in [3.05, 3.63) is 77.7 Å². The lowest BCUT2D eigenvalue weighted by Crippen LogP contribution is -2.08. The summed E-state index contributed by atoms with van der Waals surface area (Å²) in [6.45, 7) is 13.5. The highest BCUT2D eigenvalue weighted by molar-refractivity contribution is 5.48. The van der Waals surface area contributed by atoms with Crippen LogP contribution in [0.3, 0.4) is 0 Å². The Morgan fingerprint density at radius 3 is 2.26 bits per heavy atom. The lowest BCUT2D eigenvalue weighted by atomic mass is 9.85. The van der Waals surface area contributed by atoms with Crippen LogP contribution in [0.4, 0.5) is 0 Å². The van der Waals surface area contributed by atoms with E-state index in [4.69, 9.17) is 0 Å². The molecule has 1 aromatic carbocycles. The summed E-state index contributed by atoms with van der Waals surface area (Å²) in [7, 11) is 0. The molecule has 1 fully saturated rings. The van der Waals surface area contributed by atoms with Crippen molar-refractivity contribution in [2.24, 2.45) is 5.41 Å². The lowest BCUT2D eigenvalue weighted by molar-refractivity contribution is 0.703. The van der Waals surface area contributed by atoms with Gasteiger partial charge in [0.15, 0.2) is 0 Å². The molecule has 0 amide bonds. The fourth-order valence-corrected chi connectivity index (χ4v) is 2.57. The van der Waals surface area contributed by atoms with Crippen molar-refractivity contribution in [3.8, 4) is 0 Å². The van der Waals surface area contributed by atoms with Crippen molar-refractivity contribution < 1.29 is 0 Å². The van der Waals surface area contributed by atoms with Gasteiger partial charge >= 0.3 is 0 Å². The molecule has 0 bridgehead atoms. The minimum atomic E-state index is 0.139. The zero-order chi connectivity index (χ0) is 13.9. The first kappa shape index (κ1) is 13.4. The molecule has 0 aromatic heterocycles. The molecule has 2 rings (SSSR count). The predicted octanol–water partition coefficient (Wildman–Crippen LogP) is 5.09. The van der Waals surface area contributed by atoms with Gasteiger partial charge in [-0.2, -0.15) is 0 Å². The van der Waals surface area contributed by atoms with Crippen LogP contribution in [0.5, 0.6) is 0 Å². The molecule has 1 aromatic rings. The summed E-state index contributed by atoms with van der Waals surface area (Å²) >= 11 is 0. The van der Waals surface area contributed by atoms with Crippen LogP contribution in [0.1, 0.15) is 30.9 Å². The van der Waals surface area contributed by atoms with Crippen molar-refractivity contribution in [1.82, 2.24) is 0 Å². The average Bonchev–Trinajstić information content (AvgIpc) is 3.26. The summed E-state index contributed by atoms with van der Waals surface area (Å²) in [6.07, 6.45) is 5.11. The molecular formula is C19H20. The molecule has 0 heteroatoms. The second kappa shape index (κ2) is 5.33. The highest BCUT2D eigenvalue weighted by Gasteiger charge is 2.47. The maximum absolute atomic E-state index is 3.87. The average molecular weight is 248 g/mol. The third-order valence-corrected chi connectivity index (χ3v) is 4.12. The molecule has 0 saturated heterocycles. The minimum absolute atomic E-state index is 0.139. The lowest BCUT2D eigenvalue weighted by Gasteiger charge is -2.17. The Balaban J connectivity index is 2.23. The molecule has 1 saturated carbocycles. The van der Waals surface area contributed by atoms with E-state index >= 15 is 0 Å². The molecule has 1 aliphatic carbocycles. The SMILES string of the molecule is C=C=C(C)C1(C(=C=C)Cc2ccc(C=C)cc2)CC1. The summed E-state index contributed by atoms with van der Waals surface area (Å²) in [5, 5.41) is 0. The molecule has 19 heavy (non-hydrogen) atoms. The number of rotatable bonds is 5. The molecule has 0 radical (unpaired) electrons. The molecule has 0 atom stereocenters. The third-order valence-electron chi connectivity index (χ3n) is 4.12. The molecule has 0 heterocycles. The molecule has 1 aliphatic rings. The van der Waals surface area contributed by atoms with Crippen LogP contribution in [-0.2, 0) is 6.42 Å². The number of allylic oxidation sites excluding steroid dienone is 2. The molecule has 0 spiro atoms. The number of hydrogen-bond acceptors (Lipinski definition) is 0. The van der Waals surface area contributed by atoms with E-state index in [1.807, 2.05) is 6.08 Å². The smallest absolute Gasteiger partial charge is 0.0273 e. The van der Waals surface area contributed by atoms with Crippen LogP contribution in [0, 0.1) is 5.41 Å². The van der Waals surface area contributed by atoms with E-state index in [1.54, 1.807) is 0 Å². The zero-order valence-electron chi connectivity index (χ0n) is 11.6. The summed E-state index contributed by atoms with van der Waals surface area (Å²) in [6, 6.07) is 8.49. The van der Waals surface area contributed by atoms with Crippen LogP contribution < -0.4 is 0 Å². The van der Waals surface area contributed by atoms with E-state index in [0.717, 1.165) is 12.0 Å². The number of benzene rings is 1. The summed E-state index contributed by atoms with van der Waals surface area (Å²) in [5.74, 6) is 0.